The predicted octanol–water partition coefficient (Wildman–Crippen LogP) is 0.0923. The minimum Gasteiger partial charge on any atom is -0.352 e. The summed E-state index contributed by atoms with van der Waals surface area (Å²) in [6, 6.07) is 6.45. The number of primary sulfonamides is 1. The van der Waals surface area contributed by atoms with Gasteiger partial charge in [0.05, 0.1) is 4.90 Å². The maximum Gasteiger partial charge on any atom is 0.238 e. The van der Waals surface area contributed by atoms with Gasteiger partial charge in [0, 0.05) is 19.0 Å². The first-order valence-corrected chi connectivity index (χ1v) is 8.11. The molecule has 1 fully saturated rings. The van der Waals surface area contributed by atoms with Crippen LogP contribution in [0.1, 0.15) is 24.8 Å². The lowest BCUT2D eigenvalue weighted by Crippen LogP contribution is -2.31. The Labute approximate surface area is 118 Å². The van der Waals surface area contributed by atoms with E-state index in [4.69, 9.17) is 5.14 Å². The molecule has 1 aromatic carbocycles. The largest absolute Gasteiger partial charge is 0.352 e. The highest BCUT2D eigenvalue weighted by Crippen LogP contribution is 2.10. The van der Waals surface area contributed by atoms with Crippen LogP contribution in [0.5, 0.6) is 0 Å². The normalized spacial score (nSPS) is 18.9. The van der Waals surface area contributed by atoms with E-state index in [2.05, 4.69) is 10.6 Å². The van der Waals surface area contributed by atoms with Gasteiger partial charge in [0.1, 0.15) is 0 Å². The van der Waals surface area contributed by atoms with E-state index < -0.39 is 10.0 Å². The number of hydrogen-bond acceptors (Lipinski definition) is 4. The van der Waals surface area contributed by atoms with E-state index in [9.17, 15) is 13.2 Å². The second-order valence-electron chi connectivity index (χ2n) is 4.96. The van der Waals surface area contributed by atoms with Crippen LogP contribution in [-0.4, -0.2) is 26.9 Å². The van der Waals surface area contributed by atoms with Gasteiger partial charge in [-0.15, -0.1) is 0 Å². The number of sulfonamides is 1. The summed E-state index contributed by atoms with van der Waals surface area (Å²) >= 11 is 0. The summed E-state index contributed by atoms with van der Waals surface area (Å²) < 4.78 is 22.2. The van der Waals surface area contributed by atoms with Crippen LogP contribution >= 0.6 is 0 Å². The third kappa shape index (κ3) is 4.29. The molecule has 20 heavy (non-hydrogen) atoms. The van der Waals surface area contributed by atoms with E-state index in [1.165, 1.54) is 12.1 Å². The van der Waals surface area contributed by atoms with Gasteiger partial charge in [-0.2, -0.15) is 0 Å². The Morgan fingerprint density at radius 1 is 1.35 bits per heavy atom. The van der Waals surface area contributed by atoms with Gasteiger partial charge >= 0.3 is 0 Å². The van der Waals surface area contributed by atoms with Crippen molar-refractivity contribution in [3.05, 3.63) is 29.8 Å². The molecule has 1 aliphatic rings. The van der Waals surface area contributed by atoms with Crippen molar-refractivity contribution in [3.8, 4) is 0 Å². The summed E-state index contributed by atoms with van der Waals surface area (Å²) in [4.78, 5) is 11.8. The molecule has 0 aliphatic carbocycles. The van der Waals surface area contributed by atoms with Crippen LogP contribution in [-0.2, 0) is 21.4 Å². The number of nitrogens with two attached hydrogens (primary N) is 1. The van der Waals surface area contributed by atoms with Crippen LogP contribution in [0, 0.1) is 0 Å². The van der Waals surface area contributed by atoms with Crippen molar-refractivity contribution in [3.63, 3.8) is 0 Å². The molecule has 0 spiro atoms. The number of carbonyl (C=O) groups excluding carboxylic acids is 1. The Morgan fingerprint density at radius 3 is 2.60 bits per heavy atom. The SMILES string of the molecule is NS(=O)(=O)c1ccc(CNC(=O)CC2CCCN2)cc1. The van der Waals surface area contributed by atoms with Crippen molar-refractivity contribution in [2.75, 3.05) is 6.54 Å². The molecule has 0 bridgehead atoms. The Morgan fingerprint density at radius 2 is 2.05 bits per heavy atom. The fourth-order valence-electron chi connectivity index (χ4n) is 2.22. The molecule has 0 aromatic heterocycles. The molecular weight excluding hydrogens is 278 g/mol. The second kappa shape index (κ2) is 6.34. The Hall–Kier alpha value is -1.44. The van der Waals surface area contributed by atoms with E-state index in [0.29, 0.717) is 13.0 Å². The lowest BCUT2D eigenvalue weighted by Gasteiger charge is -2.10. The highest BCUT2D eigenvalue weighted by Gasteiger charge is 2.17. The Kier molecular flexibility index (Phi) is 4.74. The summed E-state index contributed by atoms with van der Waals surface area (Å²) in [5, 5.41) is 11.1. The highest BCUT2D eigenvalue weighted by molar-refractivity contribution is 7.89. The summed E-state index contributed by atoms with van der Waals surface area (Å²) in [5.74, 6) is -0.0000714. The molecule has 7 heteroatoms. The number of nitrogens with one attached hydrogen (secondary N) is 2. The second-order valence-corrected chi connectivity index (χ2v) is 6.52. The van der Waals surface area contributed by atoms with Gasteiger partial charge in [0.2, 0.25) is 15.9 Å². The standard InChI is InChI=1S/C13H19N3O3S/c14-20(18,19)12-5-3-10(4-6-12)9-16-13(17)8-11-2-1-7-15-11/h3-6,11,15H,1-2,7-9H2,(H,16,17)(H2,14,18,19). The Bertz CT molecular complexity index is 563. The molecule has 1 atom stereocenters. The van der Waals surface area contributed by atoms with Gasteiger partial charge in [0.25, 0.3) is 0 Å². The molecule has 1 amide bonds. The van der Waals surface area contributed by atoms with E-state index in [0.717, 1.165) is 24.9 Å². The maximum absolute atomic E-state index is 11.7. The topological polar surface area (TPSA) is 101 Å². The number of rotatable bonds is 5. The van der Waals surface area contributed by atoms with Gasteiger partial charge in [-0.25, -0.2) is 13.6 Å². The van der Waals surface area contributed by atoms with E-state index in [1.807, 2.05) is 0 Å². The molecule has 1 heterocycles. The van der Waals surface area contributed by atoms with Crippen LogP contribution in [0.4, 0.5) is 0 Å². The molecule has 6 nitrogen and oxygen atoms in total. The van der Waals surface area contributed by atoms with Crippen molar-refractivity contribution in [1.29, 1.82) is 0 Å². The van der Waals surface area contributed by atoms with Crippen molar-refractivity contribution >= 4 is 15.9 Å². The monoisotopic (exact) mass is 297 g/mol. The zero-order valence-electron chi connectivity index (χ0n) is 11.1. The third-order valence-corrected chi connectivity index (χ3v) is 4.26. The molecule has 110 valence electrons. The number of hydrogen-bond donors (Lipinski definition) is 3. The molecule has 1 aliphatic heterocycles. The number of benzene rings is 1. The smallest absolute Gasteiger partial charge is 0.238 e. The first kappa shape index (κ1) is 15.0. The van der Waals surface area contributed by atoms with Crippen LogP contribution in [0.2, 0.25) is 0 Å². The average Bonchev–Trinajstić information content (AvgIpc) is 2.88. The van der Waals surface area contributed by atoms with Crippen molar-refractivity contribution < 1.29 is 13.2 Å². The van der Waals surface area contributed by atoms with Crippen LogP contribution in [0.3, 0.4) is 0 Å². The third-order valence-electron chi connectivity index (χ3n) is 3.34. The zero-order valence-corrected chi connectivity index (χ0v) is 11.9. The van der Waals surface area contributed by atoms with E-state index in [1.54, 1.807) is 12.1 Å². The molecule has 4 N–H and O–H groups in total. The predicted molar refractivity (Wildman–Crippen MR) is 75.3 cm³/mol. The molecule has 2 rings (SSSR count). The Balaban J connectivity index is 1.83. The van der Waals surface area contributed by atoms with Gasteiger partial charge in [-0.1, -0.05) is 12.1 Å². The lowest BCUT2D eigenvalue weighted by molar-refractivity contribution is -0.121. The first-order valence-electron chi connectivity index (χ1n) is 6.57. The zero-order chi connectivity index (χ0) is 14.6. The average molecular weight is 297 g/mol. The molecule has 0 saturated carbocycles. The van der Waals surface area contributed by atoms with Crippen LogP contribution in [0.15, 0.2) is 29.2 Å². The van der Waals surface area contributed by atoms with Crippen LogP contribution < -0.4 is 15.8 Å². The number of carbonyl (C=O) groups is 1. The van der Waals surface area contributed by atoms with Gasteiger partial charge in [-0.05, 0) is 37.1 Å². The highest BCUT2D eigenvalue weighted by atomic mass is 32.2. The lowest BCUT2D eigenvalue weighted by atomic mass is 10.1. The molecule has 1 saturated heterocycles. The molecule has 0 radical (unpaired) electrons. The summed E-state index contributed by atoms with van der Waals surface area (Å²) in [5.41, 5.74) is 0.838. The minimum absolute atomic E-state index is 0.0000714. The fourth-order valence-corrected chi connectivity index (χ4v) is 2.74. The number of amides is 1. The van der Waals surface area contributed by atoms with Gasteiger partial charge < -0.3 is 10.6 Å². The molecular formula is C13H19N3O3S. The maximum atomic E-state index is 11.7. The van der Waals surface area contributed by atoms with E-state index in [-0.39, 0.29) is 16.8 Å². The van der Waals surface area contributed by atoms with Crippen LogP contribution in [0.25, 0.3) is 0 Å². The minimum atomic E-state index is -3.66. The summed E-state index contributed by atoms with van der Waals surface area (Å²) in [6.07, 6.45) is 2.64. The van der Waals surface area contributed by atoms with Gasteiger partial charge in [-0.3, -0.25) is 4.79 Å². The van der Waals surface area contributed by atoms with Gasteiger partial charge in [0.15, 0.2) is 0 Å². The molecule has 1 aromatic rings. The fraction of sp³-hybridized carbons (Fsp3) is 0.462. The quantitative estimate of drug-likeness (QED) is 0.717. The summed E-state index contributed by atoms with van der Waals surface area (Å²) in [6.45, 7) is 1.36. The van der Waals surface area contributed by atoms with Crippen molar-refractivity contribution in [2.45, 2.75) is 36.7 Å². The van der Waals surface area contributed by atoms with E-state index >= 15 is 0 Å². The summed E-state index contributed by atoms with van der Waals surface area (Å²) in [7, 11) is -3.66. The first-order chi connectivity index (χ1) is 9.45. The van der Waals surface area contributed by atoms with Crippen molar-refractivity contribution in [2.24, 2.45) is 5.14 Å². The van der Waals surface area contributed by atoms with Crippen molar-refractivity contribution in [1.82, 2.24) is 10.6 Å². The molecule has 1 unspecified atom stereocenters.